The van der Waals surface area contributed by atoms with E-state index >= 15 is 0 Å². The molecule has 1 aromatic rings. The average molecular weight is 444 g/mol. The van der Waals surface area contributed by atoms with E-state index < -0.39 is 41.3 Å². The van der Waals surface area contributed by atoms with Crippen LogP contribution in [0.3, 0.4) is 0 Å². The first kappa shape index (κ1) is 21.3. The molecule has 2 N–H and O–H groups in total. The summed E-state index contributed by atoms with van der Waals surface area (Å²) in [5.74, 6) is -0.0710. The third-order valence-corrected chi connectivity index (χ3v) is 7.65. The third kappa shape index (κ3) is 2.69. The lowest BCUT2D eigenvalue weighted by Gasteiger charge is -2.59. The van der Waals surface area contributed by atoms with Gasteiger partial charge in [-0.3, -0.25) is 0 Å². The zero-order chi connectivity index (χ0) is 22.8. The zero-order valence-corrected chi connectivity index (χ0v) is 18.4. The minimum atomic E-state index is -1.34. The molecule has 2 bridgehead atoms. The second-order valence-electron chi connectivity index (χ2n) is 9.30. The Bertz CT molecular complexity index is 1010. The van der Waals surface area contributed by atoms with Crippen molar-refractivity contribution in [3.63, 3.8) is 0 Å². The van der Waals surface area contributed by atoms with Crippen molar-refractivity contribution in [3.8, 4) is 11.5 Å². The van der Waals surface area contributed by atoms with Crippen LogP contribution < -0.4 is 9.47 Å². The first-order chi connectivity index (χ1) is 15.2. The minimum Gasteiger partial charge on any atom is -0.493 e. The van der Waals surface area contributed by atoms with Crippen LogP contribution in [0.25, 0.3) is 0 Å². The van der Waals surface area contributed by atoms with Gasteiger partial charge in [0.05, 0.1) is 18.1 Å². The number of hydrogen-bond donors (Lipinski definition) is 2. The number of carbonyl (C=O) groups excluding carboxylic acids is 2. The second kappa shape index (κ2) is 7.22. The number of rotatable bonds is 5. The molecule has 0 amide bonds. The number of hydrogen-bond acceptors (Lipinski definition) is 8. The zero-order valence-electron chi connectivity index (χ0n) is 18.4. The van der Waals surface area contributed by atoms with E-state index in [1.165, 1.54) is 13.8 Å². The SMILES string of the molecule is COc1ccc2c3c1O[C@@H]1C(OC(=O)[C@H](C)OC(=O)[C@H](C)O)=CC[C@]4(O)[C@@H](CCC[C@@]314)C2. The van der Waals surface area contributed by atoms with Gasteiger partial charge in [0.15, 0.2) is 23.7 Å². The highest BCUT2D eigenvalue weighted by molar-refractivity contribution is 5.81. The molecule has 4 aliphatic rings. The Morgan fingerprint density at radius 2 is 2.03 bits per heavy atom. The number of esters is 2. The Morgan fingerprint density at radius 1 is 1.25 bits per heavy atom. The Balaban J connectivity index is 1.52. The van der Waals surface area contributed by atoms with Crippen LogP contribution in [0.4, 0.5) is 0 Å². The Kier molecular flexibility index (Phi) is 4.80. The third-order valence-electron chi connectivity index (χ3n) is 7.65. The maximum atomic E-state index is 12.7. The van der Waals surface area contributed by atoms with Gasteiger partial charge >= 0.3 is 11.9 Å². The van der Waals surface area contributed by atoms with Gasteiger partial charge in [-0.05, 0) is 63.2 Å². The van der Waals surface area contributed by atoms with Crippen LogP contribution in [0.2, 0.25) is 0 Å². The number of carbonyl (C=O) groups is 2. The summed E-state index contributed by atoms with van der Waals surface area (Å²) in [7, 11) is 1.58. The van der Waals surface area contributed by atoms with Crippen LogP contribution >= 0.6 is 0 Å². The second-order valence-corrected chi connectivity index (χ2v) is 9.30. The Labute approximate surface area is 186 Å². The highest BCUT2D eigenvalue weighted by atomic mass is 16.6. The first-order valence-corrected chi connectivity index (χ1v) is 11.1. The summed E-state index contributed by atoms with van der Waals surface area (Å²) in [6.45, 7) is 2.66. The number of ether oxygens (including phenoxy) is 4. The molecule has 0 saturated heterocycles. The quantitative estimate of drug-likeness (QED) is 0.663. The summed E-state index contributed by atoms with van der Waals surface area (Å²) in [6.07, 6.45) is 2.20. The molecule has 0 unspecified atom stereocenters. The van der Waals surface area contributed by atoms with Crippen molar-refractivity contribution in [1.82, 2.24) is 0 Å². The molecule has 1 aliphatic heterocycles. The van der Waals surface area contributed by atoms with Crippen molar-refractivity contribution >= 4 is 11.9 Å². The molecule has 172 valence electrons. The van der Waals surface area contributed by atoms with Crippen molar-refractivity contribution in [3.05, 3.63) is 35.1 Å². The van der Waals surface area contributed by atoms with Gasteiger partial charge < -0.3 is 29.2 Å². The number of methoxy groups -OCH3 is 1. The Morgan fingerprint density at radius 3 is 2.75 bits per heavy atom. The van der Waals surface area contributed by atoms with Gasteiger partial charge in [0.1, 0.15) is 11.9 Å². The topological polar surface area (TPSA) is 112 Å². The maximum absolute atomic E-state index is 12.7. The fourth-order valence-electron chi connectivity index (χ4n) is 6.20. The van der Waals surface area contributed by atoms with E-state index in [0.717, 1.165) is 30.4 Å². The van der Waals surface area contributed by atoms with Gasteiger partial charge in [-0.15, -0.1) is 0 Å². The van der Waals surface area contributed by atoms with Crippen molar-refractivity contribution < 1.29 is 38.7 Å². The van der Waals surface area contributed by atoms with E-state index in [-0.39, 0.29) is 5.92 Å². The molecule has 1 saturated carbocycles. The predicted octanol–water partition coefficient (Wildman–Crippen LogP) is 1.92. The lowest BCUT2D eigenvalue weighted by molar-refractivity contribution is -0.174. The summed E-state index contributed by atoms with van der Waals surface area (Å²) >= 11 is 0. The molecule has 1 spiro atoms. The molecule has 1 fully saturated rings. The summed E-state index contributed by atoms with van der Waals surface area (Å²) in [4.78, 5) is 24.4. The fraction of sp³-hybridized carbons (Fsp3) is 0.583. The summed E-state index contributed by atoms with van der Waals surface area (Å²) in [5, 5.41) is 21.3. The van der Waals surface area contributed by atoms with Crippen molar-refractivity contribution in [2.45, 2.75) is 75.3 Å². The van der Waals surface area contributed by atoms with Gasteiger partial charge in [-0.25, -0.2) is 9.59 Å². The van der Waals surface area contributed by atoms with Crippen LogP contribution in [0, 0.1) is 5.92 Å². The molecule has 32 heavy (non-hydrogen) atoms. The lowest BCUT2D eigenvalue weighted by atomic mass is 9.47. The molecule has 3 aliphatic carbocycles. The van der Waals surface area contributed by atoms with Gasteiger partial charge in [0, 0.05) is 5.56 Å². The van der Waals surface area contributed by atoms with Crippen LogP contribution in [0.5, 0.6) is 11.5 Å². The van der Waals surface area contributed by atoms with Crippen molar-refractivity contribution in [2.75, 3.05) is 7.11 Å². The number of aliphatic hydroxyl groups excluding tert-OH is 1. The summed E-state index contributed by atoms with van der Waals surface area (Å²) in [6, 6.07) is 3.93. The van der Waals surface area contributed by atoms with Crippen molar-refractivity contribution in [2.24, 2.45) is 5.92 Å². The van der Waals surface area contributed by atoms with E-state index in [1.807, 2.05) is 12.1 Å². The monoisotopic (exact) mass is 444 g/mol. The van der Waals surface area contributed by atoms with E-state index in [0.29, 0.717) is 30.1 Å². The number of aliphatic hydroxyl groups is 2. The molecule has 0 aromatic heterocycles. The molecule has 0 radical (unpaired) electrons. The molecule has 1 heterocycles. The van der Waals surface area contributed by atoms with E-state index in [1.54, 1.807) is 13.2 Å². The normalized spacial score (nSPS) is 33.2. The minimum absolute atomic E-state index is 0.0913. The Hall–Kier alpha value is -2.58. The standard InChI is InChI=1S/C24H28O8/c1-12(25)21(26)30-13(2)22(27)31-17-8-10-24(28)15-5-4-9-23(24)18-14(11-15)6-7-16(29-3)19(18)32-20(17)23/h6-8,12-13,15,20,25,28H,4-5,9-11H2,1-3H3/t12-,13-,15-,20+,23+,24-/m0/s1. The predicted molar refractivity (Wildman–Crippen MR) is 111 cm³/mol. The van der Waals surface area contributed by atoms with Crippen LogP contribution in [0.15, 0.2) is 24.0 Å². The van der Waals surface area contributed by atoms with Crippen LogP contribution in [-0.2, 0) is 30.9 Å². The molecular formula is C24H28O8. The van der Waals surface area contributed by atoms with Gasteiger partial charge in [-0.1, -0.05) is 12.5 Å². The maximum Gasteiger partial charge on any atom is 0.352 e. The largest absolute Gasteiger partial charge is 0.493 e. The van der Waals surface area contributed by atoms with E-state index in [2.05, 4.69) is 0 Å². The molecular weight excluding hydrogens is 416 g/mol. The number of benzene rings is 1. The lowest BCUT2D eigenvalue weighted by Crippen LogP contribution is -2.67. The van der Waals surface area contributed by atoms with Gasteiger partial charge in [0.25, 0.3) is 0 Å². The highest BCUT2D eigenvalue weighted by Gasteiger charge is 2.71. The van der Waals surface area contributed by atoms with Crippen molar-refractivity contribution in [1.29, 1.82) is 0 Å². The van der Waals surface area contributed by atoms with Gasteiger partial charge in [-0.2, -0.15) is 0 Å². The molecule has 8 nitrogen and oxygen atoms in total. The molecule has 6 atom stereocenters. The average Bonchev–Trinajstić information content (AvgIpc) is 3.10. The van der Waals surface area contributed by atoms with Crippen LogP contribution in [0.1, 0.15) is 50.7 Å². The first-order valence-electron chi connectivity index (χ1n) is 11.1. The fourth-order valence-corrected chi connectivity index (χ4v) is 6.20. The summed E-state index contributed by atoms with van der Waals surface area (Å²) < 4.78 is 22.6. The van der Waals surface area contributed by atoms with Gasteiger partial charge in [0.2, 0.25) is 0 Å². The molecule has 5 rings (SSSR count). The van der Waals surface area contributed by atoms with E-state index in [9.17, 15) is 19.8 Å². The van der Waals surface area contributed by atoms with Crippen LogP contribution in [-0.4, -0.2) is 53.2 Å². The summed E-state index contributed by atoms with van der Waals surface area (Å²) in [5.41, 5.74) is 0.387. The smallest absolute Gasteiger partial charge is 0.352 e. The molecule has 1 aromatic carbocycles. The highest BCUT2D eigenvalue weighted by Crippen LogP contribution is 2.67. The molecule has 8 heteroatoms. The van der Waals surface area contributed by atoms with E-state index in [4.69, 9.17) is 18.9 Å².